The third kappa shape index (κ3) is 3.15. The molecule has 0 radical (unpaired) electrons. The second-order valence-corrected chi connectivity index (χ2v) is 7.46. The fourth-order valence-electron chi connectivity index (χ4n) is 4.21. The van der Waals surface area contributed by atoms with Crippen LogP contribution in [0.4, 0.5) is 0 Å². The molecule has 0 unspecified atom stereocenters. The van der Waals surface area contributed by atoms with Crippen LogP contribution in [0.15, 0.2) is 53.7 Å². The van der Waals surface area contributed by atoms with Gasteiger partial charge in [-0.2, -0.15) is 5.10 Å². The number of aromatic nitrogens is 4. The Morgan fingerprint density at radius 2 is 1.97 bits per heavy atom. The van der Waals surface area contributed by atoms with Crippen LogP contribution in [-0.4, -0.2) is 50.3 Å². The Labute approximate surface area is 167 Å². The first-order chi connectivity index (χ1) is 14.1. The molecule has 29 heavy (non-hydrogen) atoms. The van der Waals surface area contributed by atoms with E-state index in [1.807, 2.05) is 35.0 Å². The van der Waals surface area contributed by atoms with Crippen molar-refractivity contribution in [2.45, 2.75) is 24.9 Å². The van der Waals surface area contributed by atoms with Gasteiger partial charge in [-0.3, -0.25) is 9.59 Å². The highest BCUT2D eigenvalue weighted by atomic mass is 16.5. The van der Waals surface area contributed by atoms with E-state index in [4.69, 9.17) is 9.84 Å². The second-order valence-electron chi connectivity index (χ2n) is 7.46. The molecule has 0 aliphatic carbocycles. The van der Waals surface area contributed by atoms with Gasteiger partial charge in [-0.25, -0.2) is 9.67 Å². The molecular weight excluding hydrogens is 370 g/mol. The van der Waals surface area contributed by atoms with Gasteiger partial charge in [0.05, 0.1) is 24.3 Å². The number of rotatable bonds is 2. The number of likely N-dealkylation sites (tertiary alicyclic amines) is 1. The van der Waals surface area contributed by atoms with Crippen molar-refractivity contribution >= 4 is 5.91 Å². The first kappa shape index (κ1) is 17.8. The zero-order chi connectivity index (χ0) is 19.8. The summed E-state index contributed by atoms with van der Waals surface area (Å²) < 4.78 is 8.17. The van der Waals surface area contributed by atoms with Gasteiger partial charge in [-0.1, -0.05) is 18.2 Å². The van der Waals surface area contributed by atoms with E-state index in [9.17, 15) is 9.59 Å². The van der Waals surface area contributed by atoms with Crippen LogP contribution in [0.2, 0.25) is 0 Å². The Hall–Kier alpha value is -3.26. The lowest BCUT2D eigenvalue weighted by Crippen LogP contribution is -2.48. The van der Waals surface area contributed by atoms with Crippen molar-refractivity contribution in [2.24, 2.45) is 0 Å². The minimum absolute atomic E-state index is 0.170. The quantitative estimate of drug-likeness (QED) is 0.717. The van der Waals surface area contributed by atoms with Gasteiger partial charge >= 0.3 is 0 Å². The Morgan fingerprint density at radius 1 is 1.17 bits per heavy atom. The normalized spacial score (nSPS) is 17.9. The highest BCUT2D eigenvalue weighted by Crippen LogP contribution is 2.41. The molecule has 8 heteroatoms. The van der Waals surface area contributed by atoms with Crippen LogP contribution >= 0.6 is 0 Å². The number of fused-ring (bicyclic) bond motifs is 2. The number of ether oxygens (including phenoxy) is 1. The lowest BCUT2D eigenvalue weighted by Gasteiger charge is -2.42. The standard InChI is InChI=1S/C21H21N5O3/c27-18-12-17(22-14-23-18)20(28)25-9-7-21(8-10-25)19-15(6-11-29-21)13-26(24-19)16-4-2-1-3-5-16/h1-5,12-14H,6-11H2,(H,22,23,27). The number of hydrogen-bond donors (Lipinski definition) is 1. The van der Waals surface area contributed by atoms with E-state index in [2.05, 4.69) is 16.2 Å². The number of para-hydroxylation sites is 1. The van der Waals surface area contributed by atoms with Gasteiger partial charge in [0.1, 0.15) is 11.3 Å². The number of piperidine rings is 1. The molecular formula is C21H21N5O3. The number of nitrogens with one attached hydrogen (secondary N) is 1. The van der Waals surface area contributed by atoms with Crippen molar-refractivity contribution in [3.8, 4) is 5.69 Å². The molecule has 2 aliphatic rings. The number of hydrogen-bond acceptors (Lipinski definition) is 5. The van der Waals surface area contributed by atoms with E-state index < -0.39 is 5.60 Å². The largest absolute Gasteiger partial charge is 0.368 e. The lowest BCUT2D eigenvalue weighted by molar-refractivity contribution is -0.0963. The molecule has 0 saturated carbocycles. The molecule has 1 amide bonds. The molecule has 0 atom stereocenters. The van der Waals surface area contributed by atoms with Gasteiger partial charge in [0, 0.05) is 25.4 Å². The summed E-state index contributed by atoms with van der Waals surface area (Å²) in [5.74, 6) is -0.225. The number of nitrogens with zero attached hydrogens (tertiary/aromatic N) is 4. The molecule has 1 N–H and O–H groups in total. The molecule has 8 nitrogen and oxygen atoms in total. The summed E-state index contributed by atoms with van der Waals surface area (Å²) in [5, 5.41) is 4.87. The van der Waals surface area contributed by atoms with E-state index in [1.165, 1.54) is 18.0 Å². The van der Waals surface area contributed by atoms with Crippen molar-refractivity contribution in [1.29, 1.82) is 0 Å². The molecule has 2 aromatic heterocycles. The molecule has 2 aliphatic heterocycles. The third-order valence-electron chi connectivity index (χ3n) is 5.75. The molecule has 1 aromatic carbocycles. The average Bonchev–Trinajstić information content (AvgIpc) is 3.21. The number of amides is 1. The summed E-state index contributed by atoms with van der Waals surface area (Å²) >= 11 is 0. The maximum Gasteiger partial charge on any atom is 0.272 e. The summed E-state index contributed by atoms with van der Waals surface area (Å²) in [5.41, 5.74) is 2.58. The van der Waals surface area contributed by atoms with E-state index >= 15 is 0 Å². The number of carbonyl (C=O) groups excluding carboxylic acids is 1. The lowest BCUT2D eigenvalue weighted by atomic mass is 9.83. The van der Waals surface area contributed by atoms with Gasteiger partial charge in [0.15, 0.2) is 0 Å². The Bertz CT molecular complexity index is 1100. The summed E-state index contributed by atoms with van der Waals surface area (Å²) in [6, 6.07) is 11.3. The molecule has 3 aromatic rings. The van der Waals surface area contributed by atoms with Crippen LogP contribution in [0.25, 0.3) is 5.69 Å². The third-order valence-corrected chi connectivity index (χ3v) is 5.75. The van der Waals surface area contributed by atoms with Gasteiger partial charge in [-0.15, -0.1) is 0 Å². The van der Waals surface area contributed by atoms with Crippen molar-refractivity contribution in [2.75, 3.05) is 19.7 Å². The maximum absolute atomic E-state index is 12.7. The number of aromatic amines is 1. The predicted octanol–water partition coefficient (Wildman–Crippen LogP) is 1.66. The molecule has 1 saturated heterocycles. The van der Waals surface area contributed by atoms with Crippen LogP contribution < -0.4 is 5.56 Å². The summed E-state index contributed by atoms with van der Waals surface area (Å²) in [4.78, 5) is 32.4. The van der Waals surface area contributed by atoms with Crippen molar-refractivity contribution in [3.63, 3.8) is 0 Å². The molecule has 148 valence electrons. The smallest absolute Gasteiger partial charge is 0.272 e. The van der Waals surface area contributed by atoms with E-state index in [0.717, 1.165) is 17.8 Å². The van der Waals surface area contributed by atoms with E-state index in [-0.39, 0.29) is 17.2 Å². The maximum atomic E-state index is 12.7. The van der Waals surface area contributed by atoms with Crippen molar-refractivity contribution < 1.29 is 9.53 Å². The van der Waals surface area contributed by atoms with Crippen molar-refractivity contribution in [3.05, 3.63) is 76.2 Å². The number of carbonyl (C=O) groups is 1. The van der Waals surface area contributed by atoms with Gasteiger partial charge in [0.25, 0.3) is 11.5 Å². The molecule has 1 spiro atoms. The van der Waals surface area contributed by atoms with Crippen LogP contribution in [0.3, 0.4) is 0 Å². The first-order valence-electron chi connectivity index (χ1n) is 9.77. The number of benzene rings is 1. The first-order valence-corrected chi connectivity index (χ1v) is 9.77. The molecule has 5 rings (SSSR count). The SMILES string of the molecule is O=C(c1cc(=O)[nH]cn1)N1CCC2(CC1)OCCc1cn(-c3ccccc3)nc12. The van der Waals surface area contributed by atoms with Gasteiger partial charge in [0.2, 0.25) is 0 Å². The fourth-order valence-corrected chi connectivity index (χ4v) is 4.21. The van der Waals surface area contributed by atoms with Crippen LogP contribution in [0, 0.1) is 0 Å². The molecule has 0 bridgehead atoms. The zero-order valence-electron chi connectivity index (χ0n) is 15.9. The predicted molar refractivity (Wildman–Crippen MR) is 105 cm³/mol. The van der Waals surface area contributed by atoms with Crippen LogP contribution in [-0.2, 0) is 16.8 Å². The molecule has 1 fully saturated rings. The Morgan fingerprint density at radius 3 is 2.72 bits per heavy atom. The van der Waals surface area contributed by atoms with Crippen LogP contribution in [0.1, 0.15) is 34.6 Å². The highest BCUT2D eigenvalue weighted by molar-refractivity contribution is 5.92. The van der Waals surface area contributed by atoms with E-state index in [0.29, 0.717) is 32.5 Å². The van der Waals surface area contributed by atoms with Crippen molar-refractivity contribution in [1.82, 2.24) is 24.6 Å². The van der Waals surface area contributed by atoms with Crippen LogP contribution in [0.5, 0.6) is 0 Å². The van der Waals surface area contributed by atoms with E-state index in [1.54, 1.807) is 4.90 Å². The topological polar surface area (TPSA) is 93.1 Å². The highest BCUT2D eigenvalue weighted by Gasteiger charge is 2.44. The Balaban J connectivity index is 1.38. The van der Waals surface area contributed by atoms with Gasteiger partial charge < -0.3 is 14.6 Å². The summed E-state index contributed by atoms with van der Waals surface area (Å²) in [6.45, 7) is 1.72. The minimum Gasteiger partial charge on any atom is -0.368 e. The fraction of sp³-hybridized carbons (Fsp3) is 0.333. The summed E-state index contributed by atoms with van der Waals surface area (Å²) in [6.07, 6.45) is 5.52. The number of H-pyrrole nitrogens is 1. The second kappa shape index (κ2) is 6.97. The molecule has 4 heterocycles. The summed E-state index contributed by atoms with van der Waals surface area (Å²) in [7, 11) is 0. The zero-order valence-corrected chi connectivity index (χ0v) is 15.9. The monoisotopic (exact) mass is 391 g/mol. The Kier molecular flexibility index (Phi) is 4.28. The minimum atomic E-state index is -0.466. The van der Waals surface area contributed by atoms with Gasteiger partial charge in [-0.05, 0) is 37.0 Å². The average molecular weight is 391 g/mol.